The number of carbonyl (C=O) groups is 1. The average molecular weight is 220 g/mol. The summed E-state index contributed by atoms with van der Waals surface area (Å²) >= 11 is 0. The van der Waals surface area contributed by atoms with Crippen LogP contribution in [0.3, 0.4) is 0 Å². The monoisotopic (exact) mass is 220 g/mol. The molecule has 0 fully saturated rings. The molecule has 1 rings (SSSR count). The molecule has 0 heterocycles. The topological polar surface area (TPSA) is 57.5 Å². The fourth-order valence-electron chi connectivity index (χ4n) is 1.45. The first kappa shape index (κ1) is 12.5. The Morgan fingerprint density at radius 3 is 2.62 bits per heavy atom. The van der Waals surface area contributed by atoms with Crippen molar-refractivity contribution in [3.05, 3.63) is 48.0 Å². The molecule has 1 atom stereocenters. The van der Waals surface area contributed by atoms with Crippen LogP contribution in [-0.4, -0.2) is 22.3 Å². The third kappa shape index (κ3) is 5.32. The van der Waals surface area contributed by atoms with Crippen LogP contribution in [0.1, 0.15) is 18.4 Å². The lowest BCUT2D eigenvalue weighted by Crippen LogP contribution is -2.03. The van der Waals surface area contributed by atoms with E-state index in [1.807, 2.05) is 30.3 Å². The molecule has 0 aliphatic heterocycles. The molecule has 0 aromatic heterocycles. The summed E-state index contributed by atoms with van der Waals surface area (Å²) in [4.78, 5) is 10.2. The van der Waals surface area contributed by atoms with E-state index in [0.717, 1.165) is 18.9 Å². The van der Waals surface area contributed by atoms with Gasteiger partial charge in [0.25, 0.3) is 0 Å². The van der Waals surface area contributed by atoms with Crippen molar-refractivity contribution in [1.29, 1.82) is 0 Å². The molecule has 0 saturated carbocycles. The van der Waals surface area contributed by atoms with Crippen LogP contribution in [0.4, 0.5) is 0 Å². The molecule has 0 aliphatic carbocycles. The van der Waals surface area contributed by atoms with Crippen molar-refractivity contribution in [2.45, 2.75) is 25.4 Å². The van der Waals surface area contributed by atoms with Crippen molar-refractivity contribution in [3.63, 3.8) is 0 Å². The molecule has 3 nitrogen and oxygen atoms in total. The summed E-state index contributed by atoms with van der Waals surface area (Å²) in [5.41, 5.74) is 1.23. The van der Waals surface area contributed by atoms with Gasteiger partial charge in [0.1, 0.15) is 0 Å². The van der Waals surface area contributed by atoms with Gasteiger partial charge in [0.15, 0.2) is 0 Å². The van der Waals surface area contributed by atoms with Gasteiger partial charge in [-0.25, -0.2) is 4.79 Å². The van der Waals surface area contributed by atoms with E-state index in [1.165, 1.54) is 11.6 Å². The lowest BCUT2D eigenvalue weighted by atomic mass is 10.1. The lowest BCUT2D eigenvalue weighted by Gasteiger charge is -2.04. The maximum Gasteiger partial charge on any atom is 0.328 e. The van der Waals surface area contributed by atoms with E-state index in [1.54, 1.807) is 0 Å². The first-order chi connectivity index (χ1) is 7.68. The minimum atomic E-state index is -1.03. The predicted molar refractivity (Wildman–Crippen MR) is 62.2 cm³/mol. The van der Waals surface area contributed by atoms with E-state index in [-0.39, 0.29) is 0 Å². The van der Waals surface area contributed by atoms with Crippen LogP contribution in [-0.2, 0) is 11.2 Å². The summed E-state index contributed by atoms with van der Waals surface area (Å²) < 4.78 is 0. The summed E-state index contributed by atoms with van der Waals surface area (Å²) in [6.45, 7) is 0. The number of hydrogen-bond acceptors (Lipinski definition) is 2. The van der Waals surface area contributed by atoms with Crippen molar-refractivity contribution in [1.82, 2.24) is 0 Å². The first-order valence-corrected chi connectivity index (χ1v) is 5.31. The van der Waals surface area contributed by atoms with Gasteiger partial charge in [0.05, 0.1) is 6.10 Å². The number of aryl methyl sites for hydroxylation is 1. The zero-order valence-corrected chi connectivity index (χ0v) is 9.04. The Balaban J connectivity index is 2.23. The zero-order chi connectivity index (χ0) is 11.8. The third-order valence-electron chi connectivity index (χ3n) is 2.27. The van der Waals surface area contributed by atoms with Crippen LogP contribution < -0.4 is 0 Å². The molecule has 16 heavy (non-hydrogen) atoms. The fourth-order valence-corrected chi connectivity index (χ4v) is 1.45. The van der Waals surface area contributed by atoms with E-state index in [4.69, 9.17) is 5.11 Å². The Morgan fingerprint density at radius 2 is 2.00 bits per heavy atom. The molecule has 3 heteroatoms. The van der Waals surface area contributed by atoms with Gasteiger partial charge in [0.2, 0.25) is 0 Å². The number of benzene rings is 1. The number of hydrogen-bond donors (Lipinski definition) is 2. The highest BCUT2D eigenvalue weighted by Gasteiger charge is 2.00. The molecule has 0 saturated heterocycles. The summed E-state index contributed by atoms with van der Waals surface area (Å²) in [6.07, 6.45) is 3.95. The maximum atomic E-state index is 10.2. The van der Waals surface area contributed by atoms with Crippen LogP contribution in [0.15, 0.2) is 42.5 Å². The number of rotatable bonds is 6. The summed E-state index contributed by atoms with van der Waals surface area (Å²) in [6, 6.07) is 10.0. The smallest absolute Gasteiger partial charge is 0.328 e. The van der Waals surface area contributed by atoms with Gasteiger partial charge >= 0.3 is 5.97 Å². The summed E-state index contributed by atoms with van der Waals surface area (Å²) in [5, 5.41) is 17.8. The van der Waals surface area contributed by atoms with Crippen LogP contribution in [0.25, 0.3) is 0 Å². The second-order valence-corrected chi connectivity index (χ2v) is 3.64. The van der Waals surface area contributed by atoms with Crippen molar-refractivity contribution in [2.75, 3.05) is 0 Å². The average Bonchev–Trinajstić information content (AvgIpc) is 2.28. The number of aliphatic carboxylic acids is 1. The van der Waals surface area contributed by atoms with Crippen LogP contribution in [0, 0.1) is 0 Å². The van der Waals surface area contributed by atoms with Crippen molar-refractivity contribution >= 4 is 5.97 Å². The van der Waals surface area contributed by atoms with Gasteiger partial charge in [-0.1, -0.05) is 30.3 Å². The molecule has 1 aromatic rings. The van der Waals surface area contributed by atoms with E-state index < -0.39 is 12.1 Å². The second kappa shape index (κ2) is 6.80. The van der Waals surface area contributed by atoms with Crippen molar-refractivity contribution in [2.24, 2.45) is 0 Å². The Hall–Kier alpha value is -1.61. The van der Waals surface area contributed by atoms with Crippen LogP contribution in [0.2, 0.25) is 0 Å². The van der Waals surface area contributed by atoms with Crippen LogP contribution >= 0.6 is 0 Å². The first-order valence-electron chi connectivity index (χ1n) is 5.31. The second-order valence-electron chi connectivity index (χ2n) is 3.64. The molecule has 1 unspecified atom stereocenters. The minimum Gasteiger partial charge on any atom is -0.478 e. The molecule has 86 valence electrons. The van der Waals surface area contributed by atoms with Crippen molar-refractivity contribution in [3.8, 4) is 0 Å². The zero-order valence-electron chi connectivity index (χ0n) is 9.04. The Kier molecular flexibility index (Phi) is 5.29. The van der Waals surface area contributed by atoms with Crippen molar-refractivity contribution < 1.29 is 15.0 Å². The van der Waals surface area contributed by atoms with E-state index in [0.29, 0.717) is 6.42 Å². The number of carboxylic acids is 1. The Morgan fingerprint density at radius 1 is 1.31 bits per heavy atom. The number of aliphatic hydroxyl groups excluding tert-OH is 1. The highest BCUT2D eigenvalue weighted by molar-refractivity contribution is 5.79. The molecule has 0 radical (unpaired) electrons. The summed E-state index contributed by atoms with van der Waals surface area (Å²) in [5.74, 6) is -1.03. The van der Waals surface area contributed by atoms with Crippen LogP contribution in [0.5, 0.6) is 0 Å². The SMILES string of the molecule is O=C(O)C=CC(O)CCCc1ccccc1. The minimum absolute atomic E-state index is 0.582. The fraction of sp³-hybridized carbons (Fsp3) is 0.308. The molecule has 1 aromatic carbocycles. The van der Waals surface area contributed by atoms with E-state index in [2.05, 4.69) is 0 Å². The Labute approximate surface area is 95.0 Å². The lowest BCUT2D eigenvalue weighted by molar-refractivity contribution is -0.131. The number of carboxylic acid groups (broad SMARTS) is 1. The predicted octanol–water partition coefficient (Wildman–Crippen LogP) is 2.01. The maximum absolute atomic E-state index is 10.2. The number of aliphatic hydroxyl groups is 1. The standard InChI is InChI=1S/C13H16O3/c14-12(9-10-13(15)16)8-4-7-11-5-2-1-3-6-11/h1-3,5-6,9-10,12,14H,4,7-8H2,(H,15,16). The van der Waals surface area contributed by atoms with Gasteiger partial charge in [-0.2, -0.15) is 0 Å². The normalized spacial score (nSPS) is 12.8. The molecule has 2 N–H and O–H groups in total. The largest absolute Gasteiger partial charge is 0.478 e. The highest BCUT2D eigenvalue weighted by Crippen LogP contribution is 2.07. The van der Waals surface area contributed by atoms with Gasteiger partial charge in [-0.15, -0.1) is 0 Å². The van der Waals surface area contributed by atoms with Gasteiger partial charge in [0, 0.05) is 6.08 Å². The Bertz CT molecular complexity index is 343. The molecular formula is C13H16O3. The van der Waals surface area contributed by atoms with Gasteiger partial charge in [-0.3, -0.25) is 0 Å². The summed E-state index contributed by atoms with van der Waals surface area (Å²) in [7, 11) is 0. The molecule has 0 spiro atoms. The van der Waals surface area contributed by atoms with Gasteiger partial charge < -0.3 is 10.2 Å². The van der Waals surface area contributed by atoms with E-state index in [9.17, 15) is 9.90 Å². The third-order valence-corrected chi connectivity index (χ3v) is 2.27. The van der Waals surface area contributed by atoms with E-state index >= 15 is 0 Å². The molecule has 0 amide bonds. The molecule has 0 aliphatic rings. The highest BCUT2D eigenvalue weighted by atomic mass is 16.4. The quantitative estimate of drug-likeness (QED) is 0.721. The van der Waals surface area contributed by atoms with Gasteiger partial charge in [-0.05, 0) is 30.9 Å². The molecular weight excluding hydrogens is 204 g/mol. The molecule has 0 bridgehead atoms.